The quantitative estimate of drug-likeness (QED) is 0.263. The zero-order chi connectivity index (χ0) is 19.2. The molecule has 0 N–H and O–H groups in total. The van der Waals surface area contributed by atoms with Crippen molar-refractivity contribution in [2.24, 2.45) is 0 Å². The molecule has 0 heterocycles. The summed E-state index contributed by atoms with van der Waals surface area (Å²) >= 11 is 0. The Bertz CT molecular complexity index is 529. The third-order valence-electron chi connectivity index (χ3n) is 4.14. The predicted molar refractivity (Wildman–Crippen MR) is 100 cm³/mol. The van der Waals surface area contributed by atoms with Crippen LogP contribution in [0, 0.1) is 0 Å². The molecule has 0 radical (unpaired) electrons. The molecule has 0 aliphatic carbocycles. The van der Waals surface area contributed by atoms with Crippen LogP contribution in [0.4, 0.5) is 0 Å². The Hall–Kier alpha value is -1.95. The number of methoxy groups -OCH3 is 3. The summed E-state index contributed by atoms with van der Waals surface area (Å²) in [7, 11) is 4.45. The summed E-state index contributed by atoms with van der Waals surface area (Å²) < 4.78 is 15.7. The molecule has 0 unspecified atom stereocenters. The first-order valence-corrected chi connectivity index (χ1v) is 9.32. The molecule has 0 saturated carbocycles. The topological polar surface area (TPSA) is 63.2 Å². The van der Waals surface area contributed by atoms with Gasteiger partial charge in [0.25, 0.3) is 0 Å². The molecular formula is C20H32O6. The molecule has 26 heavy (non-hydrogen) atoms. The average molecular weight is 368 g/mol. The van der Waals surface area contributed by atoms with Crippen molar-refractivity contribution in [3.8, 4) is 17.2 Å². The zero-order valence-electron chi connectivity index (χ0n) is 16.5. The summed E-state index contributed by atoms with van der Waals surface area (Å²) in [5.74, 6) is 0.447. The fraction of sp³-hybridized carbons (Fsp3) is 0.650. The molecule has 0 aliphatic rings. The Balaban J connectivity index is 2.35. The maximum absolute atomic E-state index is 12.2. The Labute approximate surface area is 156 Å². The fourth-order valence-corrected chi connectivity index (χ4v) is 2.70. The van der Waals surface area contributed by atoms with Gasteiger partial charge in [0.2, 0.25) is 5.75 Å². The van der Waals surface area contributed by atoms with Gasteiger partial charge < -0.3 is 14.2 Å². The number of benzene rings is 1. The molecule has 0 atom stereocenters. The minimum absolute atomic E-state index is 0.223. The van der Waals surface area contributed by atoms with Gasteiger partial charge in [0.1, 0.15) is 5.56 Å². The van der Waals surface area contributed by atoms with Gasteiger partial charge in [-0.05, 0) is 18.6 Å². The Morgan fingerprint density at radius 1 is 0.808 bits per heavy atom. The monoisotopic (exact) mass is 368 g/mol. The van der Waals surface area contributed by atoms with E-state index in [0.29, 0.717) is 18.1 Å². The molecule has 6 heteroatoms. The summed E-state index contributed by atoms with van der Waals surface area (Å²) in [5, 5.41) is 0. The van der Waals surface area contributed by atoms with E-state index in [-0.39, 0.29) is 11.3 Å². The number of hydrogen-bond donors (Lipinski definition) is 0. The molecule has 0 fully saturated rings. The van der Waals surface area contributed by atoms with Gasteiger partial charge in [0.05, 0.1) is 27.9 Å². The normalized spacial score (nSPS) is 10.5. The lowest BCUT2D eigenvalue weighted by Crippen LogP contribution is -2.10. The van der Waals surface area contributed by atoms with Gasteiger partial charge in [-0.2, -0.15) is 4.89 Å². The molecule has 1 aromatic carbocycles. The highest BCUT2D eigenvalue weighted by Gasteiger charge is 2.22. The molecular weight excluding hydrogens is 336 g/mol. The fourth-order valence-electron chi connectivity index (χ4n) is 2.70. The standard InChI is InChI=1S/C20H32O6/c1-5-6-7-8-9-10-11-12-15-25-26-20(21)16-13-14-17(22-2)19(24-4)18(16)23-3/h13-14H,5-12,15H2,1-4H3. The molecule has 0 spiro atoms. The maximum Gasteiger partial charge on any atom is 0.376 e. The number of unbranched alkanes of at least 4 members (excludes halogenated alkanes) is 7. The number of rotatable bonds is 14. The van der Waals surface area contributed by atoms with Crippen molar-refractivity contribution in [2.45, 2.75) is 58.3 Å². The van der Waals surface area contributed by atoms with Crippen LogP contribution in [-0.2, 0) is 9.78 Å². The first kappa shape index (κ1) is 22.1. The van der Waals surface area contributed by atoms with Crippen molar-refractivity contribution >= 4 is 5.97 Å². The number of carbonyl (C=O) groups excluding carboxylic acids is 1. The van der Waals surface area contributed by atoms with E-state index in [1.807, 2.05) is 0 Å². The van der Waals surface area contributed by atoms with E-state index in [9.17, 15) is 4.79 Å². The van der Waals surface area contributed by atoms with E-state index in [1.165, 1.54) is 59.9 Å². The summed E-state index contributed by atoms with van der Waals surface area (Å²) in [6.45, 7) is 2.60. The van der Waals surface area contributed by atoms with Crippen LogP contribution in [0.2, 0.25) is 0 Å². The van der Waals surface area contributed by atoms with Crippen molar-refractivity contribution in [1.29, 1.82) is 0 Å². The minimum atomic E-state index is -0.623. The Morgan fingerprint density at radius 3 is 2.00 bits per heavy atom. The minimum Gasteiger partial charge on any atom is -0.493 e. The molecule has 148 valence electrons. The van der Waals surface area contributed by atoms with Gasteiger partial charge >= 0.3 is 5.97 Å². The lowest BCUT2D eigenvalue weighted by atomic mass is 10.1. The summed E-state index contributed by atoms with van der Waals surface area (Å²) in [6.07, 6.45) is 9.57. The van der Waals surface area contributed by atoms with E-state index >= 15 is 0 Å². The van der Waals surface area contributed by atoms with Crippen molar-refractivity contribution in [3.05, 3.63) is 17.7 Å². The van der Waals surface area contributed by atoms with Crippen LogP contribution in [0.1, 0.15) is 68.6 Å². The highest BCUT2D eigenvalue weighted by atomic mass is 17.2. The van der Waals surface area contributed by atoms with Crippen molar-refractivity contribution in [1.82, 2.24) is 0 Å². The Morgan fingerprint density at radius 2 is 1.42 bits per heavy atom. The van der Waals surface area contributed by atoms with Gasteiger partial charge in [-0.15, -0.1) is 0 Å². The second kappa shape index (κ2) is 13.3. The molecule has 0 aliphatic heterocycles. The zero-order valence-corrected chi connectivity index (χ0v) is 16.5. The van der Waals surface area contributed by atoms with Crippen LogP contribution in [0.15, 0.2) is 12.1 Å². The van der Waals surface area contributed by atoms with E-state index in [0.717, 1.165) is 12.8 Å². The van der Waals surface area contributed by atoms with Gasteiger partial charge in [-0.1, -0.05) is 51.9 Å². The van der Waals surface area contributed by atoms with Crippen molar-refractivity contribution in [3.63, 3.8) is 0 Å². The molecule has 1 aromatic rings. The number of carbonyl (C=O) groups is 1. The van der Waals surface area contributed by atoms with Crippen LogP contribution in [0.3, 0.4) is 0 Å². The van der Waals surface area contributed by atoms with Gasteiger partial charge in [-0.3, -0.25) is 4.89 Å². The van der Waals surface area contributed by atoms with Crippen molar-refractivity contribution < 1.29 is 28.8 Å². The second-order valence-electron chi connectivity index (χ2n) is 6.05. The lowest BCUT2D eigenvalue weighted by Gasteiger charge is -2.14. The van der Waals surface area contributed by atoms with Crippen LogP contribution < -0.4 is 14.2 Å². The molecule has 6 nitrogen and oxygen atoms in total. The first-order chi connectivity index (χ1) is 12.7. The van der Waals surface area contributed by atoms with Crippen molar-refractivity contribution in [2.75, 3.05) is 27.9 Å². The summed E-state index contributed by atoms with van der Waals surface area (Å²) in [5.41, 5.74) is 0.223. The van der Waals surface area contributed by atoms with E-state index in [2.05, 4.69) is 6.92 Å². The van der Waals surface area contributed by atoms with Crippen LogP contribution in [0.5, 0.6) is 17.2 Å². The largest absolute Gasteiger partial charge is 0.493 e. The van der Waals surface area contributed by atoms with E-state index < -0.39 is 5.97 Å². The molecule has 0 saturated heterocycles. The van der Waals surface area contributed by atoms with Crippen LogP contribution in [-0.4, -0.2) is 33.9 Å². The third kappa shape index (κ3) is 7.12. The first-order valence-electron chi connectivity index (χ1n) is 9.32. The van der Waals surface area contributed by atoms with E-state index in [1.54, 1.807) is 12.1 Å². The lowest BCUT2D eigenvalue weighted by molar-refractivity contribution is -0.241. The van der Waals surface area contributed by atoms with Gasteiger partial charge in [0.15, 0.2) is 11.5 Å². The number of ether oxygens (including phenoxy) is 3. The predicted octanol–water partition coefficient (Wildman–Crippen LogP) is 4.94. The maximum atomic E-state index is 12.2. The average Bonchev–Trinajstić information content (AvgIpc) is 2.67. The SMILES string of the molecule is CCCCCCCCCCOOC(=O)c1ccc(OC)c(OC)c1OC. The number of hydrogen-bond acceptors (Lipinski definition) is 6. The summed E-state index contributed by atoms with van der Waals surface area (Å²) in [4.78, 5) is 22.1. The van der Waals surface area contributed by atoms with Crippen LogP contribution in [0.25, 0.3) is 0 Å². The van der Waals surface area contributed by atoms with Gasteiger partial charge in [-0.25, -0.2) is 4.79 Å². The van der Waals surface area contributed by atoms with Crippen LogP contribution >= 0.6 is 0 Å². The Kier molecular flexibility index (Phi) is 11.3. The molecule has 1 rings (SSSR count). The van der Waals surface area contributed by atoms with Gasteiger partial charge in [0, 0.05) is 0 Å². The van der Waals surface area contributed by atoms with E-state index in [4.69, 9.17) is 24.0 Å². The second-order valence-corrected chi connectivity index (χ2v) is 6.05. The highest BCUT2D eigenvalue weighted by molar-refractivity contribution is 5.93. The smallest absolute Gasteiger partial charge is 0.376 e. The molecule has 0 aromatic heterocycles. The molecule has 0 bridgehead atoms. The third-order valence-corrected chi connectivity index (χ3v) is 4.14. The highest BCUT2D eigenvalue weighted by Crippen LogP contribution is 2.39. The summed E-state index contributed by atoms with van der Waals surface area (Å²) in [6, 6.07) is 3.18. The molecule has 0 amide bonds.